The van der Waals surface area contributed by atoms with Crippen LogP contribution in [0.2, 0.25) is 0 Å². The molecule has 7 nitrogen and oxygen atoms in total. The number of rotatable bonds is 6. The fraction of sp³-hybridized carbons (Fsp3) is 0.231. The standard InChI is InChI=1S/C13H15NO6S/c1-18-9-3-5-11(12(7-9)19-2)14-21(16,17)13-6-4-10(8-15)20-13/h3-7,14-15H,8H2,1-2H3. The summed E-state index contributed by atoms with van der Waals surface area (Å²) in [5.41, 5.74) is 0.250. The van der Waals surface area contributed by atoms with E-state index in [1.54, 1.807) is 12.1 Å². The minimum absolute atomic E-state index is 0.164. The van der Waals surface area contributed by atoms with Crippen molar-refractivity contribution in [1.82, 2.24) is 0 Å². The van der Waals surface area contributed by atoms with E-state index in [2.05, 4.69) is 4.72 Å². The molecule has 0 unspecified atom stereocenters. The van der Waals surface area contributed by atoms with E-state index in [0.717, 1.165) is 0 Å². The Morgan fingerprint density at radius 3 is 2.52 bits per heavy atom. The molecule has 0 aliphatic heterocycles. The smallest absolute Gasteiger partial charge is 0.295 e. The summed E-state index contributed by atoms with van der Waals surface area (Å²) in [6.45, 7) is -0.374. The lowest BCUT2D eigenvalue weighted by atomic mass is 10.3. The highest BCUT2D eigenvalue weighted by Crippen LogP contribution is 2.31. The average Bonchev–Trinajstić information content (AvgIpc) is 2.97. The number of sulfonamides is 1. The third-order valence-corrected chi connectivity index (χ3v) is 3.95. The minimum atomic E-state index is -3.90. The van der Waals surface area contributed by atoms with Gasteiger partial charge in [0.1, 0.15) is 23.9 Å². The van der Waals surface area contributed by atoms with Gasteiger partial charge in [0.15, 0.2) is 0 Å². The van der Waals surface area contributed by atoms with Gasteiger partial charge >= 0.3 is 0 Å². The summed E-state index contributed by atoms with van der Waals surface area (Å²) in [7, 11) is -0.985. The van der Waals surface area contributed by atoms with E-state index in [4.69, 9.17) is 19.0 Å². The van der Waals surface area contributed by atoms with Gasteiger partial charge in [0.2, 0.25) is 5.09 Å². The van der Waals surface area contributed by atoms with Gasteiger partial charge in [-0.15, -0.1) is 0 Å². The molecular weight excluding hydrogens is 298 g/mol. The SMILES string of the molecule is COc1ccc(NS(=O)(=O)c2ccc(CO)o2)c(OC)c1. The average molecular weight is 313 g/mol. The quantitative estimate of drug-likeness (QED) is 0.840. The van der Waals surface area contributed by atoms with Gasteiger partial charge in [-0.3, -0.25) is 4.72 Å². The maximum Gasteiger partial charge on any atom is 0.295 e. The number of aliphatic hydroxyl groups is 1. The van der Waals surface area contributed by atoms with Crippen LogP contribution in [0.1, 0.15) is 5.76 Å². The first-order valence-corrected chi connectivity index (χ1v) is 7.43. The van der Waals surface area contributed by atoms with E-state index in [1.165, 1.54) is 32.4 Å². The second kappa shape index (κ2) is 6.06. The minimum Gasteiger partial charge on any atom is -0.497 e. The van der Waals surface area contributed by atoms with Crippen LogP contribution in [0, 0.1) is 0 Å². The van der Waals surface area contributed by atoms with Crippen molar-refractivity contribution in [2.24, 2.45) is 0 Å². The summed E-state index contributed by atoms with van der Waals surface area (Å²) >= 11 is 0. The normalized spacial score (nSPS) is 11.2. The Hall–Kier alpha value is -2.19. The van der Waals surface area contributed by atoms with Crippen molar-refractivity contribution in [2.45, 2.75) is 11.7 Å². The van der Waals surface area contributed by atoms with Crippen molar-refractivity contribution in [2.75, 3.05) is 18.9 Å². The molecule has 0 atom stereocenters. The van der Waals surface area contributed by atoms with E-state index in [-0.39, 0.29) is 23.1 Å². The predicted molar refractivity (Wildman–Crippen MR) is 75.0 cm³/mol. The van der Waals surface area contributed by atoms with E-state index in [0.29, 0.717) is 11.5 Å². The molecular formula is C13H15NO6S. The number of furan rings is 1. The first-order chi connectivity index (χ1) is 10.00. The lowest BCUT2D eigenvalue weighted by Crippen LogP contribution is -2.13. The zero-order valence-corrected chi connectivity index (χ0v) is 12.3. The highest BCUT2D eigenvalue weighted by Gasteiger charge is 2.20. The van der Waals surface area contributed by atoms with Gasteiger partial charge < -0.3 is 19.0 Å². The van der Waals surface area contributed by atoms with Crippen LogP contribution in [-0.4, -0.2) is 27.7 Å². The molecule has 0 saturated carbocycles. The fourth-order valence-electron chi connectivity index (χ4n) is 1.67. The molecule has 0 radical (unpaired) electrons. The number of hydrogen-bond acceptors (Lipinski definition) is 6. The number of anilines is 1. The maximum atomic E-state index is 12.2. The second-order valence-electron chi connectivity index (χ2n) is 4.05. The summed E-state index contributed by atoms with van der Waals surface area (Å²) in [5.74, 6) is 1.01. The Kier molecular flexibility index (Phi) is 4.39. The van der Waals surface area contributed by atoms with E-state index in [9.17, 15) is 8.42 Å². The largest absolute Gasteiger partial charge is 0.497 e. The molecule has 8 heteroatoms. The number of hydrogen-bond donors (Lipinski definition) is 2. The molecule has 0 amide bonds. The van der Waals surface area contributed by atoms with Gasteiger partial charge in [-0.25, -0.2) is 0 Å². The van der Waals surface area contributed by atoms with Crippen molar-refractivity contribution >= 4 is 15.7 Å². The molecule has 114 valence electrons. The van der Waals surface area contributed by atoms with Crippen molar-refractivity contribution < 1.29 is 27.4 Å². The molecule has 0 bridgehead atoms. The van der Waals surface area contributed by atoms with Crippen LogP contribution >= 0.6 is 0 Å². The Labute approximate surface area is 122 Å². The van der Waals surface area contributed by atoms with Gasteiger partial charge in [-0.05, 0) is 24.3 Å². The summed E-state index contributed by atoms with van der Waals surface area (Å²) in [6.07, 6.45) is 0. The molecule has 21 heavy (non-hydrogen) atoms. The highest BCUT2D eigenvalue weighted by molar-refractivity contribution is 7.92. The third-order valence-electron chi connectivity index (χ3n) is 2.71. The first kappa shape index (κ1) is 15.2. The topological polar surface area (TPSA) is 98.0 Å². The van der Waals surface area contributed by atoms with Crippen LogP contribution in [-0.2, 0) is 16.6 Å². The highest BCUT2D eigenvalue weighted by atomic mass is 32.2. The van der Waals surface area contributed by atoms with E-state index >= 15 is 0 Å². The predicted octanol–water partition coefficient (Wildman–Crippen LogP) is 1.59. The molecule has 0 fully saturated rings. The third kappa shape index (κ3) is 3.29. The van der Waals surface area contributed by atoms with Crippen molar-refractivity contribution in [3.8, 4) is 11.5 Å². The van der Waals surface area contributed by atoms with Gasteiger partial charge in [-0.2, -0.15) is 8.42 Å². The number of benzene rings is 1. The molecule has 1 aromatic heterocycles. The molecule has 0 spiro atoms. The lowest BCUT2D eigenvalue weighted by Gasteiger charge is -2.11. The van der Waals surface area contributed by atoms with Gasteiger partial charge in [0, 0.05) is 6.07 Å². The van der Waals surface area contributed by atoms with Crippen molar-refractivity contribution in [1.29, 1.82) is 0 Å². The van der Waals surface area contributed by atoms with Crippen LogP contribution in [0.15, 0.2) is 39.8 Å². The summed E-state index contributed by atoms with van der Waals surface area (Å²) in [6, 6.07) is 7.33. The Morgan fingerprint density at radius 2 is 1.95 bits per heavy atom. The van der Waals surface area contributed by atoms with E-state index in [1.807, 2.05) is 0 Å². The Morgan fingerprint density at radius 1 is 1.19 bits per heavy atom. The van der Waals surface area contributed by atoms with Crippen LogP contribution < -0.4 is 14.2 Å². The van der Waals surface area contributed by atoms with Crippen LogP contribution in [0.4, 0.5) is 5.69 Å². The van der Waals surface area contributed by atoms with E-state index < -0.39 is 10.0 Å². The monoisotopic (exact) mass is 313 g/mol. The zero-order chi connectivity index (χ0) is 15.5. The van der Waals surface area contributed by atoms with Crippen molar-refractivity contribution in [3.05, 3.63) is 36.1 Å². The second-order valence-corrected chi connectivity index (χ2v) is 5.66. The molecule has 0 saturated heterocycles. The Balaban J connectivity index is 2.32. The van der Waals surface area contributed by atoms with Gasteiger partial charge in [0.25, 0.3) is 10.0 Å². The number of aliphatic hydroxyl groups excluding tert-OH is 1. The molecule has 2 rings (SSSR count). The number of nitrogens with one attached hydrogen (secondary N) is 1. The maximum absolute atomic E-state index is 12.2. The molecule has 0 aliphatic rings. The van der Waals surface area contributed by atoms with Gasteiger partial charge in [-0.1, -0.05) is 0 Å². The fourth-order valence-corrected chi connectivity index (χ4v) is 2.69. The molecule has 1 heterocycles. The molecule has 0 aliphatic carbocycles. The van der Waals surface area contributed by atoms with Crippen LogP contribution in [0.3, 0.4) is 0 Å². The zero-order valence-electron chi connectivity index (χ0n) is 11.5. The molecule has 2 N–H and O–H groups in total. The summed E-state index contributed by atoms with van der Waals surface area (Å²) in [4.78, 5) is 0. The number of ether oxygens (including phenoxy) is 2. The molecule has 2 aromatic rings. The summed E-state index contributed by atoms with van der Waals surface area (Å²) < 4.78 is 41.9. The molecule has 1 aromatic carbocycles. The van der Waals surface area contributed by atoms with Crippen LogP contribution in [0.5, 0.6) is 11.5 Å². The Bertz CT molecular complexity index is 722. The van der Waals surface area contributed by atoms with Gasteiger partial charge in [0.05, 0.1) is 19.9 Å². The van der Waals surface area contributed by atoms with Crippen LogP contribution in [0.25, 0.3) is 0 Å². The number of methoxy groups -OCH3 is 2. The first-order valence-electron chi connectivity index (χ1n) is 5.94. The van der Waals surface area contributed by atoms with Crippen molar-refractivity contribution in [3.63, 3.8) is 0 Å². The lowest BCUT2D eigenvalue weighted by molar-refractivity contribution is 0.236. The summed E-state index contributed by atoms with van der Waals surface area (Å²) in [5, 5.41) is 8.62.